The Kier molecular flexibility index (Phi) is 7.14. The highest BCUT2D eigenvalue weighted by Gasteiger charge is 2.09. The quantitative estimate of drug-likeness (QED) is 0.431. The Morgan fingerprint density at radius 3 is 2.67 bits per heavy atom. The average Bonchev–Trinajstić information content (AvgIpc) is 2.38. The topological polar surface area (TPSA) is 61.8 Å². The second-order valence-electron chi connectivity index (χ2n) is 3.58. The van der Waals surface area contributed by atoms with Crippen LogP contribution in [0.15, 0.2) is 30.3 Å². The maximum Gasteiger partial charge on any atom is 0.515 e. The van der Waals surface area contributed by atoms with Gasteiger partial charge in [-0.05, 0) is 12.0 Å². The van der Waals surface area contributed by atoms with Crippen molar-refractivity contribution >= 4 is 14.4 Å². The van der Waals surface area contributed by atoms with Crippen LogP contribution >= 0.6 is 8.25 Å². The lowest BCUT2D eigenvalue weighted by atomic mass is 10.2. The lowest BCUT2D eigenvalue weighted by molar-refractivity contribution is 0.0882. The van der Waals surface area contributed by atoms with Gasteiger partial charge in [0.25, 0.3) is 0 Å². The van der Waals surface area contributed by atoms with E-state index in [1.165, 1.54) is 0 Å². The van der Waals surface area contributed by atoms with Crippen LogP contribution in [0, 0.1) is 0 Å². The first-order valence-electron chi connectivity index (χ1n) is 5.77. The molecule has 0 saturated carbocycles. The van der Waals surface area contributed by atoms with Crippen LogP contribution < -0.4 is 0 Å². The van der Waals surface area contributed by atoms with Crippen LogP contribution in [0.3, 0.4) is 0 Å². The summed E-state index contributed by atoms with van der Waals surface area (Å²) in [7, 11) is -2.79. The maximum absolute atomic E-state index is 11.2. The highest BCUT2D eigenvalue weighted by Crippen LogP contribution is 2.24. The largest absolute Gasteiger partial charge is 0.515 e. The van der Waals surface area contributed by atoms with Gasteiger partial charge in [0.2, 0.25) is 0 Å². The molecular formula is C12H17O5P. The van der Waals surface area contributed by atoms with E-state index in [1.807, 2.05) is 37.3 Å². The Hall–Kier alpha value is -1.32. The third-order valence-electron chi connectivity index (χ3n) is 2.08. The Labute approximate surface area is 107 Å². The second-order valence-corrected chi connectivity index (χ2v) is 4.57. The molecule has 0 aliphatic heterocycles. The van der Waals surface area contributed by atoms with E-state index in [-0.39, 0.29) is 6.61 Å². The van der Waals surface area contributed by atoms with Crippen molar-refractivity contribution in [3.05, 3.63) is 35.9 Å². The molecule has 1 unspecified atom stereocenters. The van der Waals surface area contributed by atoms with Crippen molar-refractivity contribution in [2.24, 2.45) is 0 Å². The zero-order chi connectivity index (χ0) is 13.2. The SMILES string of the molecule is CCCCO[PH](=O)OC(=O)OCc1ccccc1. The summed E-state index contributed by atoms with van der Waals surface area (Å²) in [6.45, 7) is 2.39. The van der Waals surface area contributed by atoms with Gasteiger partial charge in [0.05, 0.1) is 6.61 Å². The summed E-state index contributed by atoms with van der Waals surface area (Å²) in [6, 6.07) is 9.16. The number of carbonyl (C=O) groups is 1. The van der Waals surface area contributed by atoms with Gasteiger partial charge in [0.15, 0.2) is 0 Å². The monoisotopic (exact) mass is 272 g/mol. The Morgan fingerprint density at radius 1 is 1.28 bits per heavy atom. The van der Waals surface area contributed by atoms with Crippen LogP contribution in [0.1, 0.15) is 25.3 Å². The highest BCUT2D eigenvalue weighted by molar-refractivity contribution is 7.34. The minimum atomic E-state index is -2.79. The summed E-state index contributed by atoms with van der Waals surface area (Å²) in [5.74, 6) is 0. The van der Waals surface area contributed by atoms with Gasteiger partial charge in [-0.2, -0.15) is 0 Å². The zero-order valence-electron chi connectivity index (χ0n) is 10.3. The van der Waals surface area contributed by atoms with Gasteiger partial charge >= 0.3 is 14.4 Å². The molecule has 100 valence electrons. The molecule has 0 amide bonds. The van der Waals surface area contributed by atoms with Crippen molar-refractivity contribution < 1.29 is 23.1 Å². The molecule has 18 heavy (non-hydrogen) atoms. The fourth-order valence-electron chi connectivity index (χ4n) is 1.14. The molecule has 0 N–H and O–H groups in total. The van der Waals surface area contributed by atoms with Gasteiger partial charge in [-0.15, -0.1) is 0 Å². The third-order valence-corrected chi connectivity index (χ3v) is 2.86. The summed E-state index contributed by atoms with van der Waals surface area (Å²) in [4.78, 5) is 11.2. The highest BCUT2D eigenvalue weighted by atomic mass is 31.1. The Morgan fingerprint density at radius 2 is 2.00 bits per heavy atom. The summed E-state index contributed by atoms with van der Waals surface area (Å²) in [5, 5.41) is 0. The van der Waals surface area contributed by atoms with E-state index in [0.717, 1.165) is 18.4 Å². The van der Waals surface area contributed by atoms with Gasteiger partial charge in [-0.3, -0.25) is 0 Å². The van der Waals surface area contributed by atoms with Crippen molar-refractivity contribution in [1.29, 1.82) is 0 Å². The lowest BCUT2D eigenvalue weighted by Crippen LogP contribution is -2.03. The van der Waals surface area contributed by atoms with Gasteiger partial charge in [0.1, 0.15) is 6.61 Å². The maximum atomic E-state index is 11.2. The van der Waals surface area contributed by atoms with E-state index in [2.05, 4.69) is 4.52 Å². The molecule has 1 rings (SSSR count). The van der Waals surface area contributed by atoms with Crippen molar-refractivity contribution in [1.82, 2.24) is 0 Å². The fourth-order valence-corrected chi connectivity index (χ4v) is 1.71. The molecule has 5 nitrogen and oxygen atoms in total. The molecule has 0 spiro atoms. The standard InChI is InChI=1S/C12H17O5P/c1-2-3-9-16-18(14)17-12(13)15-10-11-7-5-4-6-8-11/h4-8,18H,2-3,9-10H2,1H3. The molecule has 1 aromatic carbocycles. The molecule has 6 heteroatoms. The molecule has 1 aromatic rings. The average molecular weight is 272 g/mol. The molecule has 0 aliphatic rings. The lowest BCUT2D eigenvalue weighted by Gasteiger charge is -2.06. The number of ether oxygens (including phenoxy) is 1. The van der Waals surface area contributed by atoms with Crippen LogP contribution in [0.2, 0.25) is 0 Å². The molecule has 0 heterocycles. The minimum absolute atomic E-state index is 0.0871. The number of unbranched alkanes of at least 4 members (excludes halogenated alkanes) is 1. The molecule has 1 atom stereocenters. The molecule has 0 aromatic heterocycles. The van der Waals surface area contributed by atoms with Crippen LogP contribution in [0.25, 0.3) is 0 Å². The normalized spacial score (nSPS) is 11.8. The Balaban J connectivity index is 2.19. The van der Waals surface area contributed by atoms with Crippen LogP contribution in [0.5, 0.6) is 0 Å². The van der Waals surface area contributed by atoms with Crippen molar-refractivity contribution in [3.63, 3.8) is 0 Å². The number of carbonyl (C=O) groups excluding carboxylic acids is 1. The summed E-state index contributed by atoms with van der Waals surface area (Å²) in [6.07, 6.45) is 0.728. The van der Waals surface area contributed by atoms with Crippen LogP contribution in [0.4, 0.5) is 4.79 Å². The predicted molar refractivity (Wildman–Crippen MR) is 67.6 cm³/mol. The van der Waals surface area contributed by atoms with Gasteiger partial charge in [0, 0.05) is 0 Å². The number of hydrogen-bond acceptors (Lipinski definition) is 5. The third kappa shape index (κ3) is 6.42. The van der Waals surface area contributed by atoms with E-state index in [9.17, 15) is 9.36 Å². The van der Waals surface area contributed by atoms with E-state index in [0.29, 0.717) is 6.61 Å². The molecule has 0 fully saturated rings. The van der Waals surface area contributed by atoms with E-state index < -0.39 is 14.4 Å². The number of rotatable bonds is 7. The molecule has 0 bridgehead atoms. The van der Waals surface area contributed by atoms with E-state index >= 15 is 0 Å². The van der Waals surface area contributed by atoms with Gasteiger partial charge in [-0.1, -0.05) is 43.7 Å². The molecular weight excluding hydrogens is 255 g/mol. The van der Waals surface area contributed by atoms with Crippen molar-refractivity contribution in [2.75, 3.05) is 6.61 Å². The fraction of sp³-hybridized carbons (Fsp3) is 0.417. The van der Waals surface area contributed by atoms with Crippen molar-refractivity contribution in [3.8, 4) is 0 Å². The molecule has 0 radical (unpaired) electrons. The predicted octanol–water partition coefficient (Wildman–Crippen LogP) is 3.55. The smallest absolute Gasteiger partial charge is 0.429 e. The first kappa shape index (κ1) is 14.7. The molecule has 0 aliphatic carbocycles. The second kappa shape index (κ2) is 8.72. The summed E-state index contributed by atoms with van der Waals surface area (Å²) in [5.41, 5.74) is 0.834. The first-order valence-corrected chi connectivity index (χ1v) is 7.00. The van der Waals surface area contributed by atoms with E-state index in [1.54, 1.807) is 0 Å². The minimum Gasteiger partial charge on any atom is -0.429 e. The molecule has 0 saturated heterocycles. The number of hydrogen-bond donors (Lipinski definition) is 0. The first-order chi connectivity index (χ1) is 8.72. The summed E-state index contributed by atoms with van der Waals surface area (Å²) >= 11 is 0. The van der Waals surface area contributed by atoms with Gasteiger partial charge < -0.3 is 13.8 Å². The zero-order valence-corrected chi connectivity index (χ0v) is 11.3. The summed E-state index contributed by atoms with van der Waals surface area (Å²) < 4.78 is 25.3. The number of benzene rings is 1. The van der Waals surface area contributed by atoms with Crippen molar-refractivity contribution in [2.45, 2.75) is 26.4 Å². The Bertz CT molecular complexity index is 379. The van der Waals surface area contributed by atoms with Gasteiger partial charge in [-0.25, -0.2) is 9.36 Å². The van der Waals surface area contributed by atoms with Crippen LogP contribution in [-0.4, -0.2) is 12.8 Å². The van der Waals surface area contributed by atoms with Crippen LogP contribution in [-0.2, 0) is 25.0 Å². The van der Waals surface area contributed by atoms with E-state index in [4.69, 9.17) is 9.26 Å².